The predicted molar refractivity (Wildman–Crippen MR) is 97.9 cm³/mol. The van der Waals surface area contributed by atoms with Crippen molar-refractivity contribution in [2.45, 2.75) is 39.2 Å². The Morgan fingerprint density at radius 2 is 2.00 bits per heavy atom. The van der Waals surface area contributed by atoms with E-state index < -0.39 is 0 Å². The summed E-state index contributed by atoms with van der Waals surface area (Å²) in [6, 6.07) is 6.03. The summed E-state index contributed by atoms with van der Waals surface area (Å²) in [5.41, 5.74) is 2.93. The molecule has 1 aromatic carbocycles. The molecule has 0 radical (unpaired) electrons. The van der Waals surface area contributed by atoms with E-state index in [1.165, 1.54) is 12.8 Å². The standard InChI is InChI=1S/C20H26N4O2/c1-12-5-4-6-13(2)18(12)20(25)24-9-15(14-7-8-14)16(10-24)19-21-17(11-26-3)22-23-19/h4-6,14-16H,7-11H2,1-3H3,(H,21,22,23)/t15-,16+/m1/s1. The predicted octanol–water partition coefficient (Wildman–Crippen LogP) is 2.83. The van der Waals surface area contributed by atoms with E-state index in [4.69, 9.17) is 4.74 Å². The highest BCUT2D eigenvalue weighted by atomic mass is 16.5. The van der Waals surface area contributed by atoms with Crippen LogP contribution in [-0.2, 0) is 11.3 Å². The average Bonchev–Trinajstić information content (AvgIpc) is 3.18. The van der Waals surface area contributed by atoms with Crippen LogP contribution in [-0.4, -0.2) is 46.2 Å². The van der Waals surface area contributed by atoms with Crippen LogP contribution in [0.15, 0.2) is 18.2 Å². The van der Waals surface area contributed by atoms with Crippen molar-refractivity contribution in [3.8, 4) is 0 Å². The van der Waals surface area contributed by atoms with Gasteiger partial charge in [-0.3, -0.25) is 9.89 Å². The number of benzene rings is 1. The molecule has 0 bridgehead atoms. The maximum Gasteiger partial charge on any atom is 0.254 e. The number of likely N-dealkylation sites (tertiary alicyclic amines) is 1. The number of carbonyl (C=O) groups excluding carboxylic acids is 1. The molecule has 2 heterocycles. The first kappa shape index (κ1) is 17.2. The maximum absolute atomic E-state index is 13.2. The van der Waals surface area contributed by atoms with Crippen LogP contribution in [0.2, 0.25) is 0 Å². The fourth-order valence-electron chi connectivity index (χ4n) is 4.26. The fraction of sp³-hybridized carbons (Fsp3) is 0.550. The highest BCUT2D eigenvalue weighted by Crippen LogP contribution is 2.47. The fourth-order valence-corrected chi connectivity index (χ4v) is 4.26. The van der Waals surface area contributed by atoms with Gasteiger partial charge in [0, 0.05) is 31.7 Å². The molecule has 2 aliphatic rings. The van der Waals surface area contributed by atoms with E-state index in [9.17, 15) is 4.79 Å². The van der Waals surface area contributed by atoms with Crippen LogP contribution in [0.3, 0.4) is 0 Å². The number of amides is 1. The molecule has 2 atom stereocenters. The summed E-state index contributed by atoms with van der Waals surface area (Å²) < 4.78 is 5.14. The highest BCUT2D eigenvalue weighted by molar-refractivity contribution is 5.97. The number of hydrogen-bond acceptors (Lipinski definition) is 4. The molecule has 2 fully saturated rings. The third-order valence-corrected chi connectivity index (χ3v) is 5.74. The minimum Gasteiger partial charge on any atom is -0.377 e. The van der Waals surface area contributed by atoms with Gasteiger partial charge in [-0.15, -0.1) is 0 Å². The third-order valence-electron chi connectivity index (χ3n) is 5.74. The van der Waals surface area contributed by atoms with Crippen molar-refractivity contribution in [1.29, 1.82) is 0 Å². The number of aryl methyl sites for hydroxylation is 2. The lowest BCUT2D eigenvalue weighted by Gasteiger charge is -2.19. The van der Waals surface area contributed by atoms with Crippen LogP contribution in [0, 0.1) is 25.7 Å². The number of H-pyrrole nitrogens is 1. The van der Waals surface area contributed by atoms with E-state index in [1.54, 1.807) is 7.11 Å². The Labute approximate surface area is 154 Å². The van der Waals surface area contributed by atoms with Crippen molar-refractivity contribution in [1.82, 2.24) is 20.1 Å². The Balaban J connectivity index is 1.58. The van der Waals surface area contributed by atoms with Crippen molar-refractivity contribution in [2.24, 2.45) is 11.8 Å². The van der Waals surface area contributed by atoms with Crippen molar-refractivity contribution in [2.75, 3.05) is 20.2 Å². The van der Waals surface area contributed by atoms with Crippen LogP contribution >= 0.6 is 0 Å². The van der Waals surface area contributed by atoms with E-state index in [-0.39, 0.29) is 11.8 Å². The number of methoxy groups -OCH3 is 1. The normalized spacial score (nSPS) is 22.8. The zero-order valence-electron chi connectivity index (χ0n) is 15.7. The molecule has 26 heavy (non-hydrogen) atoms. The molecule has 138 valence electrons. The van der Waals surface area contributed by atoms with Crippen LogP contribution in [0.5, 0.6) is 0 Å². The Morgan fingerprint density at radius 1 is 1.27 bits per heavy atom. The van der Waals surface area contributed by atoms with Crippen LogP contribution in [0.25, 0.3) is 0 Å². The van der Waals surface area contributed by atoms with Crippen molar-refractivity contribution >= 4 is 5.91 Å². The topological polar surface area (TPSA) is 71.1 Å². The molecule has 6 nitrogen and oxygen atoms in total. The summed E-state index contributed by atoms with van der Waals surface area (Å²) in [4.78, 5) is 19.8. The van der Waals surface area contributed by atoms with Crippen molar-refractivity contribution in [3.05, 3.63) is 46.5 Å². The number of hydrogen-bond donors (Lipinski definition) is 1. The number of nitrogens with one attached hydrogen (secondary N) is 1. The van der Waals surface area contributed by atoms with Gasteiger partial charge in [0.2, 0.25) is 0 Å². The molecular weight excluding hydrogens is 328 g/mol. The number of ether oxygens (including phenoxy) is 1. The Kier molecular flexibility index (Phi) is 4.53. The van der Waals surface area contributed by atoms with Gasteiger partial charge in [-0.2, -0.15) is 5.10 Å². The zero-order valence-corrected chi connectivity index (χ0v) is 15.7. The first-order chi connectivity index (χ1) is 12.6. The molecule has 6 heteroatoms. The van der Waals surface area contributed by atoms with Gasteiger partial charge in [0.25, 0.3) is 5.91 Å². The third kappa shape index (κ3) is 3.14. The number of aromatic nitrogens is 3. The second kappa shape index (κ2) is 6.83. The van der Waals surface area contributed by atoms with Gasteiger partial charge in [0.15, 0.2) is 11.6 Å². The maximum atomic E-state index is 13.2. The number of rotatable bonds is 5. The Morgan fingerprint density at radius 3 is 2.65 bits per heavy atom. The van der Waals surface area contributed by atoms with Gasteiger partial charge in [-0.25, -0.2) is 4.98 Å². The molecule has 1 saturated heterocycles. The van der Waals surface area contributed by atoms with Gasteiger partial charge >= 0.3 is 0 Å². The lowest BCUT2D eigenvalue weighted by Crippen LogP contribution is -2.30. The molecule has 1 aliphatic heterocycles. The highest BCUT2D eigenvalue weighted by Gasteiger charge is 2.46. The molecule has 1 N–H and O–H groups in total. The van der Waals surface area contributed by atoms with Gasteiger partial charge in [-0.1, -0.05) is 18.2 Å². The molecule has 1 aromatic heterocycles. The lowest BCUT2D eigenvalue weighted by atomic mass is 9.91. The monoisotopic (exact) mass is 354 g/mol. The first-order valence-corrected chi connectivity index (χ1v) is 9.34. The number of nitrogens with zero attached hydrogens (tertiary/aromatic N) is 3. The van der Waals surface area contributed by atoms with Crippen LogP contribution in [0.1, 0.15) is 51.9 Å². The summed E-state index contributed by atoms with van der Waals surface area (Å²) in [6.07, 6.45) is 2.50. The molecule has 1 amide bonds. The quantitative estimate of drug-likeness (QED) is 0.896. The van der Waals surface area contributed by atoms with Crippen LogP contribution < -0.4 is 0 Å². The summed E-state index contributed by atoms with van der Waals surface area (Å²) >= 11 is 0. The van der Waals surface area contributed by atoms with E-state index in [1.807, 2.05) is 36.9 Å². The van der Waals surface area contributed by atoms with Gasteiger partial charge in [0.1, 0.15) is 6.61 Å². The summed E-state index contributed by atoms with van der Waals surface area (Å²) in [7, 11) is 1.65. The SMILES string of the molecule is COCc1nc([C@H]2CN(C(=O)c3c(C)cccc3C)C[C@@H]2C2CC2)n[nH]1. The Hall–Kier alpha value is -2.21. The van der Waals surface area contributed by atoms with Gasteiger partial charge in [-0.05, 0) is 49.7 Å². The van der Waals surface area contributed by atoms with Gasteiger partial charge in [0.05, 0.1) is 0 Å². The number of carbonyl (C=O) groups is 1. The van der Waals surface area contributed by atoms with Crippen molar-refractivity contribution in [3.63, 3.8) is 0 Å². The summed E-state index contributed by atoms with van der Waals surface area (Å²) in [5, 5.41) is 7.39. The van der Waals surface area contributed by atoms with Crippen molar-refractivity contribution < 1.29 is 9.53 Å². The van der Waals surface area contributed by atoms with E-state index in [2.05, 4.69) is 15.2 Å². The van der Waals surface area contributed by atoms with E-state index >= 15 is 0 Å². The first-order valence-electron chi connectivity index (χ1n) is 9.34. The molecule has 1 aliphatic carbocycles. The second-order valence-electron chi connectivity index (χ2n) is 7.66. The van der Waals surface area contributed by atoms with Crippen LogP contribution in [0.4, 0.5) is 0 Å². The largest absolute Gasteiger partial charge is 0.377 e. The minimum atomic E-state index is 0.140. The minimum absolute atomic E-state index is 0.140. The zero-order chi connectivity index (χ0) is 18.3. The molecule has 1 saturated carbocycles. The summed E-state index contributed by atoms with van der Waals surface area (Å²) in [5.74, 6) is 3.07. The smallest absolute Gasteiger partial charge is 0.254 e. The number of aromatic amines is 1. The van der Waals surface area contributed by atoms with E-state index in [0.29, 0.717) is 25.0 Å². The average molecular weight is 354 g/mol. The molecule has 0 unspecified atom stereocenters. The molecule has 4 rings (SSSR count). The molecule has 0 spiro atoms. The Bertz CT molecular complexity index is 792. The van der Waals surface area contributed by atoms with Gasteiger partial charge < -0.3 is 9.64 Å². The molecular formula is C20H26N4O2. The lowest BCUT2D eigenvalue weighted by molar-refractivity contribution is 0.0783. The second-order valence-corrected chi connectivity index (χ2v) is 7.66. The summed E-state index contributed by atoms with van der Waals surface area (Å²) in [6.45, 7) is 5.95. The van der Waals surface area contributed by atoms with E-state index in [0.717, 1.165) is 34.9 Å². The molecule has 2 aromatic rings.